The predicted octanol–water partition coefficient (Wildman–Crippen LogP) is 3.10. The van der Waals surface area contributed by atoms with Crippen LogP contribution in [0.15, 0.2) is 38.5 Å². The van der Waals surface area contributed by atoms with Gasteiger partial charge in [-0.25, -0.2) is 4.79 Å². The van der Waals surface area contributed by atoms with Gasteiger partial charge in [0.1, 0.15) is 22.6 Å². The van der Waals surface area contributed by atoms with Crippen molar-refractivity contribution in [1.82, 2.24) is 0 Å². The molecular weight excluding hydrogens is 354 g/mol. The molecule has 1 aromatic carbocycles. The van der Waals surface area contributed by atoms with Crippen LogP contribution in [-0.2, 0) is 4.79 Å². The molecule has 8 nitrogen and oxygen atoms in total. The third-order valence-corrected chi connectivity index (χ3v) is 3.61. The first-order chi connectivity index (χ1) is 12.7. The number of ether oxygens (including phenoxy) is 1. The summed E-state index contributed by atoms with van der Waals surface area (Å²) in [6.07, 6.45) is 0.995. The smallest absolute Gasteiger partial charge is 0.351 e. The zero-order valence-electron chi connectivity index (χ0n) is 15.1. The van der Waals surface area contributed by atoms with Gasteiger partial charge in [-0.3, -0.25) is 14.6 Å². The summed E-state index contributed by atoms with van der Waals surface area (Å²) in [5.41, 5.74) is -1.34. The van der Waals surface area contributed by atoms with Gasteiger partial charge in [0, 0.05) is 6.42 Å². The molecule has 0 aliphatic rings. The molecule has 2 N–H and O–H groups in total. The first kappa shape index (κ1) is 19.9. The maximum atomic E-state index is 12.0. The molecule has 1 aromatic heterocycles. The highest BCUT2D eigenvalue weighted by Gasteiger charge is 2.23. The fourth-order valence-corrected chi connectivity index (χ4v) is 2.37. The number of hydrogen-bond acceptors (Lipinski definition) is 8. The first-order valence-electron chi connectivity index (χ1n) is 8.21. The van der Waals surface area contributed by atoms with Crippen LogP contribution in [0, 0.1) is 0 Å². The van der Waals surface area contributed by atoms with Crippen molar-refractivity contribution in [3.05, 3.63) is 45.8 Å². The van der Waals surface area contributed by atoms with Gasteiger partial charge in [-0.05, 0) is 44.5 Å². The Morgan fingerprint density at radius 2 is 1.74 bits per heavy atom. The summed E-state index contributed by atoms with van der Waals surface area (Å²) in [4.78, 5) is 39.2. The Bertz CT molecular complexity index is 955. The highest BCUT2D eigenvalue weighted by atomic mass is 16.5. The van der Waals surface area contributed by atoms with E-state index in [9.17, 15) is 24.6 Å². The van der Waals surface area contributed by atoms with Crippen molar-refractivity contribution in [2.45, 2.75) is 33.6 Å². The van der Waals surface area contributed by atoms with E-state index in [2.05, 4.69) is 9.41 Å². The van der Waals surface area contributed by atoms with Crippen molar-refractivity contribution >= 4 is 23.2 Å². The van der Waals surface area contributed by atoms with Crippen molar-refractivity contribution in [2.75, 3.05) is 0 Å². The molecule has 2 rings (SSSR count). The lowest BCUT2D eigenvalue weighted by Crippen LogP contribution is -2.15. The van der Waals surface area contributed by atoms with E-state index in [0.29, 0.717) is 24.3 Å². The Hall–Kier alpha value is -3.42. The minimum Gasteiger partial charge on any atom is -0.506 e. The Labute approximate surface area is 154 Å². The van der Waals surface area contributed by atoms with Crippen LogP contribution in [0.5, 0.6) is 17.4 Å². The number of esters is 1. The largest absolute Gasteiger partial charge is 0.506 e. The molecule has 0 saturated carbocycles. The van der Waals surface area contributed by atoms with Crippen LogP contribution in [0.25, 0.3) is 0 Å². The lowest BCUT2D eigenvalue weighted by Gasteiger charge is -2.08. The second-order valence-electron chi connectivity index (χ2n) is 5.76. The fourth-order valence-electron chi connectivity index (χ4n) is 2.37. The molecule has 2 aromatic rings. The topological polar surface area (TPSA) is 126 Å². The number of ketones is 1. The number of aliphatic imine (C=N–C) groups is 1. The highest BCUT2D eigenvalue weighted by Crippen LogP contribution is 2.29. The average Bonchev–Trinajstić information content (AvgIpc) is 2.55. The molecule has 8 heteroatoms. The normalized spacial score (nSPS) is 11.3. The van der Waals surface area contributed by atoms with Gasteiger partial charge in [0.25, 0.3) is 5.95 Å². The zero-order valence-corrected chi connectivity index (χ0v) is 15.1. The standard InChI is InChI=1S/C19H19NO7/c1-4-5-14(22)26-13-8-6-12(7-9-13)20-10(2)15-17(23)16(11(3)21)19(25)27-18(15)24/h6-9,23,25H,4-5H2,1-3H3. The van der Waals surface area contributed by atoms with Crippen molar-refractivity contribution in [3.8, 4) is 17.4 Å². The van der Waals surface area contributed by atoms with Gasteiger partial charge >= 0.3 is 11.6 Å². The summed E-state index contributed by atoms with van der Waals surface area (Å²) >= 11 is 0. The number of rotatable bonds is 6. The average molecular weight is 373 g/mol. The van der Waals surface area contributed by atoms with Gasteiger partial charge in [0.15, 0.2) is 5.78 Å². The minimum atomic E-state index is -1.03. The number of Topliss-reactive ketones (excluding diaryl/α,β-unsaturated/α-hetero) is 1. The molecule has 0 aliphatic carbocycles. The molecule has 0 spiro atoms. The van der Waals surface area contributed by atoms with Crippen molar-refractivity contribution in [3.63, 3.8) is 0 Å². The lowest BCUT2D eigenvalue weighted by atomic mass is 10.1. The highest BCUT2D eigenvalue weighted by molar-refractivity contribution is 6.07. The van der Waals surface area contributed by atoms with E-state index in [0.717, 1.165) is 6.92 Å². The molecule has 142 valence electrons. The van der Waals surface area contributed by atoms with Crippen molar-refractivity contribution in [1.29, 1.82) is 0 Å². The Morgan fingerprint density at radius 1 is 1.11 bits per heavy atom. The molecule has 0 saturated heterocycles. The van der Waals surface area contributed by atoms with E-state index in [4.69, 9.17) is 4.74 Å². The molecule has 0 radical (unpaired) electrons. The van der Waals surface area contributed by atoms with E-state index in [1.807, 2.05) is 6.92 Å². The van der Waals surface area contributed by atoms with Crippen LogP contribution in [0.3, 0.4) is 0 Å². The third kappa shape index (κ3) is 4.60. The summed E-state index contributed by atoms with van der Waals surface area (Å²) in [5.74, 6) is -2.28. The molecule has 1 heterocycles. The van der Waals surface area contributed by atoms with Crippen LogP contribution in [-0.4, -0.2) is 27.7 Å². The number of carbonyl (C=O) groups excluding carboxylic acids is 2. The molecule has 0 atom stereocenters. The van der Waals surface area contributed by atoms with Crippen LogP contribution in [0.4, 0.5) is 5.69 Å². The van der Waals surface area contributed by atoms with Gasteiger partial charge in [-0.15, -0.1) is 0 Å². The molecule has 0 aliphatic heterocycles. The molecule has 0 amide bonds. The number of aromatic hydroxyl groups is 2. The summed E-state index contributed by atoms with van der Waals surface area (Å²) in [5, 5.41) is 19.7. The fraction of sp³-hybridized carbons (Fsp3) is 0.263. The van der Waals surface area contributed by atoms with Crippen LogP contribution in [0.2, 0.25) is 0 Å². The summed E-state index contributed by atoms with van der Waals surface area (Å²) in [6, 6.07) is 6.20. The monoisotopic (exact) mass is 373 g/mol. The van der Waals surface area contributed by atoms with E-state index < -0.39 is 28.7 Å². The van der Waals surface area contributed by atoms with Crippen molar-refractivity contribution < 1.29 is 29.0 Å². The number of benzene rings is 1. The number of hydrogen-bond donors (Lipinski definition) is 2. The lowest BCUT2D eigenvalue weighted by molar-refractivity contribution is -0.134. The van der Waals surface area contributed by atoms with Gasteiger partial charge < -0.3 is 19.4 Å². The van der Waals surface area contributed by atoms with E-state index in [-0.39, 0.29) is 17.2 Å². The maximum absolute atomic E-state index is 12.0. The molecule has 27 heavy (non-hydrogen) atoms. The second kappa shape index (κ2) is 8.31. The first-order valence-corrected chi connectivity index (χ1v) is 8.21. The number of nitrogens with zero attached hydrogens (tertiary/aromatic N) is 1. The Kier molecular flexibility index (Phi) is 6.12. The summed E-state index contributed by atoms with van der Waals surface area (Å²) < 4.78 is 9.74. The Morgan fingerprint density at radius 3 is 2.30 bits per heavy atom. The molecular formula is C19H19NO7. The van der Waals surface area contributed by atoms with E-state index in [1.54, 1.807) is 24.3 Å². The minimum absolute atomic E-state index is 0.0828. The summed E-state index contributed by atoms with van der Waals surface area (Å²) in [6.45, 7) is 4.43. The Balaban J connectivity index is 2.35. The van der Waals surface area contributed by atoms with Crippen LogP contribution >= 0.6 is 0 Å². The molecule has 0 fully saturated rings. The molecule has 0 unspecified atom stereocenters. The van der Waals surface area contributed by atoms with Gasteiger partial charge in [0.05, 0.1) is 11.4 Å². The quantitative estimate of drug-likeness (QED) is 0.345. The molecule has 0 bridgehead atoms. The van der Waals surface area contributed by atoms with E-state index in [1.165, 1.54) is 6.92 Å². The van der Waals surface area contributed by atoms with Gasteiger partial charge in [-0.1, -0.05) is 6.92 Å². The summed E-state index contributed by atoms with van der Waals surface area (Å²) in [7, 11) is 0. The van der Waals surface area contributed by atoms with Crippen molar-refractivity contribution in [2.24, 2.45) is 4.99 Å². The van der Waals surface area contributed by atoms with E-state index >= 15 is 0 Å². The number of carbonyl (C=O) groups is 2. The third-order valence-electron chi connectivity index (χ3n) is 3.61. The predicted molar refractivity (Wildman–Crippen MR) is 97.2 cm³/mol. The van der Waals surface area contributed by atoms with Crippen LogP contribution < -0.4 is 10.4 Å². The second-order valence-corrected chi connectivity index (χ2v) is 5.76. The van der Waals surface area contributed by atoms with Gasteiger partial charge in [0.2, 0.25) is 0 Å². The van der Waals surface area contributed by atoms with Crippen LogP contribution in [0.1, 0.15) is 49.5 Å². The zero-order chi connectivity index (χ0) is 20.1. The van der Waals surface area contributed by atoms with Gasteiger partial charge in [-0.2, -0.15) is 0 Å². The SMILES string of the molecule is CCCC(=O)Oc1ccc(N=C(C)c2c(O)c(C(C)=O)c(O)oc2=O)cc1. The maximum Gasteiger partial charge on any atom is 0.351 e.